The monoisotopic (exact) mass is 213 g/mol. The van der Waals surface area contributed by atoms with Crippen LogP contribution in [0.5, 0.6) is 0 Å². The topological polar surface area (TPSA) is 44.8 Å². The Hall–Kier alpha value is -0.650. The lowest BCUT2D eigenvalue weighted by Crippen LogP contribution is -2.51. The highest BCUT2D eigenvalue weighted by Gasteiger charge is 2.32. The van der Waals surface area contributed by atoms with Crippen molar-refractivity contribution in [1.82, 2.24) is 15.3 Å². The van der Waals surface area contributed by atoms with Crippen LogP contribution in [-0.2, 0) is 9.53 Å². The van der Waals surface area contributed by atoms with Crippen molar-refractivity contribution in [1.29, 1.82) is 0 Å². The summed E-state index contributed by atoms with van der Waals surface area (Å²) >= 11 is 0. The third-order valence-electron chi connectivity index (χ3n) is 3.19. The van der Waals surface area contributed by atoms with Crippen LogP contribution in [0.15, 0.2) is 0 Å². The van der Waals surface area contributed by atoms with Crippen LogP contribution in [0, 0.1) is 5.92 Å². The lowest BCUT2D eigenvalue weighted by Gasteiger charge is -2.35. The predicted octanol–water partition coefficient (Wildman–Crippen LogP) is -0.698. The molecule has 2 heterocycles. The Bertz CT molecular complexity index is 229. The SMILES string of the molecule is COC(=O)C1CCN(N2CCNCC2)C1. The summed E-state index contributed by atoms with van der Waals surface area (Å²) < 4.78 is 4.77. The lowest BCUT2D eigenvalue weighted by atomic mass is 10.1. The fraction of sp³-hybridized carbons (Fsp3) is 0.900. The molecule has 0 aromatic carbocycles. The molecule has 0 spiro atoms. The third kappa shape index (κ3) is 2.48. The molecule has 0 aromatic rings. The van der Waals surface area contributed by atoms with Gasteiger partial charge in [-0.05, 0) is 6.42 Å². The van der Waals surface area contributed by atoms with Crippen LogP contribution in [-0.4, -0.2) is 62.4 Å². The minimum atomic E-state index is -0.0624. The number of hydrogen-bond donors (Lipinski definition) is 1. The first-order valence-electron chi connectivity index (χ1n) is 5.59. The second kappa shape index (κ2) is 4.92. The third-order valence-corrected chi connectivity index (χ3v) is 3.19. The van der Waals surface area contributed by atoms with Crippen molar-refractivity contribution in [3.8, 4) is 0 Å². The molecule has 0 saturated carbocycles. The Kier molecular flexibility index (Phi) is 3.56. The van der Waals surface area contributed by atoms with Gasteiger partial charge in [-0.15, -0.1) is 0 Å². The van der Waals surface area contributed by atoms with Crippen LogP contribution < -0.4 is 5.32 Å². The van der Waals surface area contributed by atoms with E-state index in [2.05, 4.69) is 15.3 Å². The number of ether oxygens (including phenoxy) is 1. The number of piperazine rings is 1. The summed E-state index contributed by atoms with van der Waals surface area (Å²) in [6.07, 6.45) is 0.927. The predicted molar refractivity (Wildman–Crippen MR) is 56.1 cm³/mol. The van der Waals surface area contributed by atoms with Crippen molar-refractivity contribution < 1.29 is 9.53 Å². The molecule has 0 aromatic heterocycles. The molecule has 1 atom stereocenters. The molecule has 0 bridgehead atoms. The van der Waals surface area contributed by atoms with Crippen molar-refractivity contribution in [3.63, 3.8) is 0 Å². The number of carbonyl (C=O) groups is 1. The van der Waals surface area contributed by atoms with Crippen LogP contribution in [0.3, 0.4) is 0 Å². The summed E-state index contributed by atoms with van der Waals surface area (Å²) in [5, 5.41) is 7.96. The van der Waals surface area contributed by atoms with Gasteiger partial charge >= 0.3 is 5.97 Å². The smallest absolute Gasteiger partial charge is 0.310 e. The van der Waals surface area contributed by atoms with Gasteiger partial charge in [0.1, 0.15) is 0 Å². The maximum Gasteiger partial charge on any atom is 0.310 e. The minimum Gasteiger partial charge on any atom is -0.469 e. The molecule has 5 heteroatoms. The average molecular weight is 213 g/mol. The largest absolute Gasteiger partial charge is 0.469 e. The molecular formula is C10H19N3O2. The van der Waals surface area contributed by atoms with Gasteiger partial charge in [0.05, 0.1) is 13.0 Å². The van der Waals surface area contributed by atoms with Gasteiger partial charge in [0.25, 0.3) is 0 Å². The average Bonchev–Trinajstić information content (AvgIpc) is 2.78. The maximum atomic E-state index is 11.4. The van der Waals surface area contributed by atoms with Crippen LogP contribution in [0.25, 0.3) is 0 Å². The van der Waals surface area contributed by atoms with E-state index in [4.69, 9.17) is 4.74 Å². The highest BCUT2D eigenvalue weighted by molar-refractivity contribution is 5.72. The van der Waals surface area contributed by atoms with Gasteiger partial charge in [0, 0.05) is 39.3 Å². The van der Waals surface area contributed by atoms with E-state index in [0.717, 1.165) is 45.7 Å². The van der Waals surface area contributed by atoms with Gasteiger partial charge in [-0.1, -0.05) is 0 Å². The molecule has 2 aliphatic heterocycles. The van der Waals surface area contributed by atoms with Crippen molar-refractivity contribution in [2.45, 2.75) is 6.42 Å². The number of hydrogen-bond acceptors (Lipinski definition) is 5. The molecule has 1 unspecified atom stereocenters. The molecule has 2 rings (SSSR count). The minimum absolute atomic E-state index is 0.0624. The quantitative estimate of drug-likeness (QED) is 0.615. The highest BCUT2D eigenvalue weighted by atomic mass is 16.5. The van der Waals surface area contributed by atoms with Crippen molar-refractivity contribution in [3.05, 3.63) is 0 Å². The summed E-state index contributed by atoms with van der Waals surface area (Å²) in [6, 6.07) is 0. The fourth-order valence-electron chi connectivity index (χ4n) is 2.29. The van der Waals surface area contributed by atoms with E-state index >= 15 is 0 Å². The Morgan fingerprint density at radius 1 is 1.27 bits per heavy atom. The second-order valence-electron chi connectivity index (χ2n) is 4.13. The molecule has 0 aliphatic carbocycles. The molecule has 0 radical (unpaired) electrons. The van der Waals surface area contributed by atoms with E-state index in [-0.39, 0.29) is 11.9 Å². The highest BCUT2D eigenvalue weighted by Crippen LogP contribution is 2.19. The summed E-state index contributed by atoms with van der Waals surface area (Å²) in [6.45, 7) is 5.99. The second-order valence-corrected chi connectivity index (χ2v) is 4.13. The molecule has 2 saturated heterocycles. The number of carbonyl (C=O) groups excluding carboxylic acids is 1. The standard InChI is InChI=1S/C10H19N3O2/c1-15-10(14)9-2-5-13(8-9)12-6-3-11-4-7-12/h9,11H,2-8H2,1H3. The van der Waals surface area contributed by atoms with Gasteiger partial charge in [0.15, 0.2) is 0 Å². The van der Waals surface area contributed by atoms with E-state index in [1.54, 1.807) is 0 Å². The van der Waals surface area contributed by atoms with Crippen LogP contribution in [0.1, 0.15) is 6.42 Å². The molecule has 1 N–H and O–H groups in total. The summed E-state index contributed by atoms with van der Waals surface area (Å²) in [4.78, 5) is 11.4. The maximum absolute atomic E-state index is 11.4. The van der Waals surface area contributed by atoms with Crippen molar-refractivity contribution >= 4 is 5.97 Å². The number of nitrogens with one attached hydrogen (secondary N) is 1. The zero-order chi connectivity index (χ0) is 10.7. The van der Waals surface area contributed by atoms with Gasteiger partial charge < -0.3 is 10.1 Å². The van der Waals surface area contributed by atoms with Crippen molar-refractivity contribution in [2.24, 2.45) is 5.92 Å². The summed E-state index contributed by atoms with van der Waals surface area (Å²) in [7, 11) is 1.47. The summed E-state index contributed by atoms with van der Waals surface area (Å²) in [5.41, 5.74) is 0. The van der Waals surface area contributed by atoms with Gasteiger partial charge in [-0.2, -0.15) is 0 Å². The molecule has 15 heavy (non-hydrogen) atoms. The van der Waals surface area contributed by atoms with Gasteiger partial charge in [-0.25, -0.2) is 10.0 Å². The van der Waals surface area contributed by atoms with Crippen LogP contribution >= 0.6 is 0 Å². The number of nitrogens with zero attached hydrogens (tertiary/aromatic N) is 2. The number of hydrazine groups is 1. The molecule has 2 fully saturated rings. The first kappa shape index (κ1) is 10.9. The van der Waals surface area contributed by atoms with Gasteiger partial charge in [-0.3, -0.25) is 4.79 Å². The van der Waals surface area contributed by atoms with E-state index in [1.807, 2.05) is 0 Å². The zero-order valence-corrected chi connectivity index (χ0v) is 9.24. The molecule has 5 nitrogen and oxygen atoms in total. The lowest BCUT2D eigenvalue weighted by molar-refractivity contribution is -0.145. The van der Waals surface area contributed by atoms with Gasteiger partial charge in [0.2, 0.25) is 0 Å². The number of rotatable bonds is 2. The van der Waals surface area contributed by atoms with Crippen LogP contribution in [0.2, 0.25) is 0 Å². The van der Waals surface area contributed by atoms with E-state index in [0.29, 0.717) is 0 Å². The Morgan fingerprint density at radius 2 is 2.00 bits per heavy atom. The number of esters is 1. The Morgan fingerprint density at radius 3 is 2.67 bits per heavy atom. The Labute approximate surface area is 90.3 Å². The molecular weight excluding hydrogens is 194 g/mol. The molecule has 0 amide bonds. The van der Waals surface area contributed by atoms with Crippen molar-refractivity contribution in [2.75, 3.05) is 46.4 Å². The summed E-state index contributed by atoms with van der Waals surface area (Å²) in [5.74, 6) is 0.0116. The van der Waals surface area contributed by atoms with Crippen LogP contribution in [0.4, 0.5) is 0 Å². The first-order valence-corrected chi connectivity index (χ1v) is 5.59. The van der Waals surface area contributed by atoms with E-state index < -0.39 is 0 Å². The van der Waals surface area contributed by atoms with E-state index in [9.17, 15) is 4.79 Å². The Balaban J connectivity index is 1.83. The molecule has 86 valence electrons. The fourth-order valence-corrected chi connectivity index (χ4v) is 2.29. The molecule has 2 aliphatic rings. The van der Waals surface area contributed by atoms with E-state index in [1.165, 1.54) is 7.11 Å². The number of methoxy groups -OCH3 is 1. The zero-order valence-electron chi connectivity index (χ0n) is 9.24. The first-order chi connectivity index (χ1) is 7.31. The normalized spacial score (nSPS) is 29.3.